The third-order valence-corrected chi connectivity index (χ3v) is 16.7. The van der Waals surface area contributed by atoms with Gasteiger partial charge in [-0.05, 0) is 0 Å². The average Bonchev–Trinajstić information content (AvgIpc) is 3.14. The third-order valence-electron chi connectivity index (χ3n) is 7.39. The standard InChI is InChI=1S/C36H32N3O12P3/c40-25-1-13-31(14-2-25)46-53(47-32-15-3-26(41)4-16-32,48-33-17-5-27(42)6-18-33)37-52-38-54(39-53,49-34-19-7-28(43)8-20-34,50-35-21-9-29(44)10-22-35)51-36-23-11-30(45)12-24-36/h1-24,39-45H,(H,37,38). The zero-order valence-electron chi connectivity index (χ0n) is 27.8. The van der Waals surface area contributed by atoms with Gasteiger partial charge in [0.2, 0.25) is 0 Å². The first-order valence-corrected chi connectivity index (χ1v) is 20.7. The molecule has 0 saturated heterocycles. The Balaban J connectivity index is 1.54. The molecule has 0 aliphatic carbocycles. The van der Waals surface area contributed by atoms with E-state index in [9.17, 15) is 30.6 Å². The number of phenolic OH excluding ortho intramolecular Hbond substituents is 6. The molecule has 18 heteroatoms. The van der Waals surface area contributed by atoms with Crippen LogP contribution in [0.1, 0.15) is 0 Å². The Morgan fingerprint density at radius 1 is 0.352 bits per heavy atom. The molecule has 0 saturated carbocycles. The summed E-state index contributed by atoms with van der Waals surface area (Å²) in [5.41, 5.74) is 0. The van der Waals surface area contributed by atoms with E-state index in [1.165, 1.54) is 146 Å². The van der Waals surface area contributed by atoms with E-state index < -0.39 is 15.2 Å². The number of aromatic hydroxyl groups is 6. The summed E-state index contributed by atoms with van der Waals surface area (Å²) in [6.07, 6.45) is 0. The van der Waals surface area contributed by atoms with Crippen LogP contribution >= 0.6 is 23.7 Å². The second-order valence-electron chi connectivity index (χ2n) is 11.6. The van der Waals surface area contributed by atoms with Gasteiger partial charge in [-0.25, -0.2) is 0 Å². The molecule has 0 radical (unpaired) electrons. The van der Waals surface area contributed by atoms with E-state index in [0.29, 0.717) is 0 Å². The molecule has 1 heterocycles. The number of benzene rings is 6. The van der Waals surface area contributed by atoms with Crippen LogP contribution in [0.3, 0.4) is 0 Å². The first kappa shape index (κ1) is 36.2. The molecular formula is C36H32N3O12P3. The molecule has 0 unspecified atom stereocenters. The second-order valence-corrected chi connectivity index (χ2v) is 18.7. The van der Waals surface area contributed by atoms with Crippen LogP contribution in [0, 0.1) is 0 Å². The van der Waals surface area contributed by atoms with Gasteiger partial charge in [-0.15, -0.1) is 0 Å². The summed E-state index contributed by atoms with van der Waals surface area (Å²) in [5, 5.41) is 61.1. The van der Waals surface area contributed by atoms with Crippen molar-refractivity contribution in [3.8, 4) is 69.0 Å². The maximum absolute atomic E-state index is 10.2. The van der Waals surface area contributed by atoms with E-state index in [1.807, 2.05) is 0 Å². The van der Waals surface area contributed by atoms with E-state index in [0.717, 1.165) is 0 Å². The van der Waals surface area contributed by atoms with Crippen LogP contribution in [0.4, 0.5) is 0 Å². The van der Waals surface area contributed by atoms with Crippen molar-refractivity contribution in [2.75, 3.05) is 0 Å². The molecule has 1 aliphatic rings. The van der Waals surface area contributed by atoms with Crippen molar-refractivity contribution in [3.05, 3.63) is 146 Å². The van der Waals surface area contributed by atoms with Crippen molar-refractivity contribution in [1.29, 1.82) is 0 Å². The number of nitrogens with one attached hydrogen (secondary N) is 2. The monoisotopic (exact) mass is 791 g/mol. The second kappa shape index (κ2) is 14.0. The molecule has 6 aromatic rings. The van der Waals surface area contributed by atoms with Crippen molar-refractivity contribution in [1.82, 2.24) is 9.72 Å². The Labute approximate surface area is 309 Å². The molecule has 278 valence electrons. The molecule has 0 amide bonds. The Hall–Kier alpha value is -6.20. The molecule has 6 aromatic carbocycles. The van der Waals surface area contributed by atoms with E-state index in [1.54, 1.807) is 0 Å². The number of hydrogen-bond donors (Lipinski definition) is 8. The number of phenols is 6. The molecule has 0 atom stereocenters. The normalized spacial score (nSPS) is 17.9. The van der Waals surface area contributed by atoms with Crippen molar-refractivity contribution in [2.24, 2.45) is 4.52 Å². The van der Waals surface area contributed by atoms with Gasteiger partial charge < -0.3 is 0 Å². The van der Waals surface area contributed by atoms with E-state index >= 15 is 0 Å². The zero-order valence-corrected chi connectivity index (χ0v) is 30.5. The summed E-state index contributed by atoms with van der Waals surface area (Å²) >= 11 is 0. The maximum atomic E-state index is 10.2. The minimum absolute atomic E-state index is 0.0654. The predicted molar refractivity (Wildman–Crippen MR) is 202 cm³/mol. The van der Waals surface area contributed by atoms with Gasteiger partial charge in [-0.2, -0.15) is 0 Å². The summed E-state index contributed by atoms with van der Waals surface area (Å²) in [6.45, 7) is 0. The number of nitrogens with zero attached hydrogens (tertiary/aromatic N) is 1. The van der Waals surface area contributed by atoms with Gasteiger partial charge in [-0.1, -0.05) is 0 Å². The summed E-state index contributed by atoms with van der Waals surface area (Å²) in [7, 11) is -11.3. The molecule has 0 fully saturated rings. The molecule has 0 aromatic heterocycles. The molecule has 7 rings (SSSR count). The van der Waals surface area contributed by atoms with Crippen LogP contribution in [0.25, 0.3) is 0 Å². The molecule has 15 nitrogen and oxygen atoms in total. The summed E-state index contributed by atoms with van der Waals surface area (Å²) < 4.78 is 45.8. The van der Waals surface area contributed by atoms with Crippen molar-refractivity contribution in [3.63, 3.8) is 0 Å². The Morgan fingerprint density at radius 3 is 0.815 bits per heavy atom. The van der Waals surface area contributed by atoms with Crippen LogP contribution in [-0.2, 0) is 0 Å². The fourth-order valence-corrected chi connectivity index (χ4v) is 15.3. The average molecular weight is 792 g/mol. The van der Waals surface area contributed by atoms with Crippen LogP contribution in [-0.4, -0.2) is 30.6 Å². The van der Waals surface area contributed by atoms with Gasteiger partial charge in [0, 0.05) is 0 Å². The molecule has 54 heavy (non-hydrogen) atoms. The first-order valence-electron chi connectivity index (χ1n) is 15.9. The minimum atomic E-state index is -5.66. The van der Waals surface area contributed by atoms with Gasteiger partial charge in [-0.3, -0.25) is 0 Å². The van der Waals surface area contributed by atoms with E-state index in [-0.39, 0.29) is 77.5 Å². The van der Waals surface area contributed by atoms with Crippen LogP contribution in [0.5, 0.6) is 69.0 Å². The fraction of sp³-hybridized carbons (Fsp3) is 0. The number of rotatable bonds is 12. The van der Waals surface area contributed by atoms with Crippen molar-refractivity contribution < 1.29 is 57.8 Å². The third kappa shape index (κ3) is 7.91. The van der Waals surface area contributed by atoms with Crippen molar-refractivity contribution in [2.45, 2.75) is 0 Å². The van der Waals surface area contributed by atoms with Gasteiger partial charge in [0.25, 0.3) is 0 Å². The summed E-state index contributed by atoms with van der Waals surface area (Å²) in [4.78, 5) is 6.40. The van der Waals surface area contributed by atoms with Crippen LogP contribution in [0.15, 0.2) is 150 Å². The number of hydrogen-bond acceptors (Lipinski definition) is 15. The molecule has 0 bridgehead atoms. The van der Waals surface area contributed by atoms with Gasteiger partial charge >= 0.3 is 310 Å². The quantitative estimate of drug-likeness (QED) is 0.0543. The SMILES string of the molecule is Oc1ccc(OP2(Oc3ccc(O)cc3)(Oc3ccc(O)cc3)N=PNP(Oc3ccc(O)cc3)(Oc3ccc(O)cc3)(Oc3ccc(O)cc3)N2)cc1. The van der Waals surface area contributed by atoms with Gasteiger partial charge in [0.05, 0.1) is 0 Å². The molecule has 1 aliphatic heterocycles. The van der Waals surface area contributed by atoms with Crippen LogP contribution in [0.2, 0.25) is 0 Å². The zero-order chi connectivity index (χ0) is 37.9. The van der Waals surface area contributed by atoms with Gasteiger partial charge in [0.15, 0.2) is 0 Å². The van der Waals surface area contributed by atoms with E-state index in [2.05, 4.69) is 9.72 Å². The summed E-state index contributed by atoms with van der Waals surface area (Å²) in [6, 6.07) is 33.9. The van der Waals surface area contributed by atoms with Crippen molar-refractivity contribution >= 4 is 23.7 Å². The predicted octanol–water partition coefficient (Wildman–Crippen LogP) is 9.19. The summed E-state index contributed by atoms with van der Waals surface area (Å²) in [5.74, 6) is 0.102. The molecule has 8 N–H and O–H groups in total. The van der Waals surface area contributed by atoms with Crippen LogP contribution < -0.4 is 36.9 Å². The first-order chi connectivity index (χ1) is 25.9. The molecule has 0 spiro atoms. The van der Waals surface area contributed by atoms with E-state index in [4.69, 9.17) is 31.7 Å². The fourth-order valence-electron chi connectivity index (χ4n) is 5.03. The van der Waals surface area contributed by atoms with Gasteiger partial charge in [0.1, 0.15) is 0 Å². The Bertz CT molecular complexity index is 2030. The molecular weight excluding hydrogens is 759 g/mol. The Kier molecular flexibility index (Phi) is 9.36. The Morgan fingerprint density at radius 2 is 0.574 bits per heavy atom. The topological polar surface area (TPSA) is 213 Å².